The first-order chi connectivity index (χ1) is 52.3. The number of ketones is 4. The molecule has 8 nitrogen and oxygen atoms in total. The van der Waals surface area contributed by atoms with Crippen molar-refractivity contribution in [1.29, 1.82) is 0 Å². The van der Waals surface area contributed by atoms with Crippen LogP contribution in [0, 0.1) is 0 Å². The molecule has 0 saturated carbocycles. The number of likely N-dealkylation sites (tertiary alicyclic amines) is 1. The van der Waals surface area contributed by atoms with Gasteiger partial charge in [0.15, 0.2) is 23.1 Å². The zero-order valence-electron chi connectivity index (χ0n) is 69.7. The molecule has 3 aliphatic carbocycles. The van der Waals surface area contributed by atoms with E-state index in [1.807, 2.05) is 68.7 Å². The number of hydrogen-bond donors (Lipinski definition) is 0. The molecule has 1 unspecified atom stereocenters. The van der Waals surface area contributed by atoms with Crippen molar-refractivity contribution in [3.8, 4) is 33.4 Å². The topological polar surface area (TPSA) is 81.2 Å². The Morgan fingerprint density at radius 1 is 0.394 bits per heavy atom. The highest BCUT2D eigenvalue weighted by Gasteiger charge is 2.48. The van der Waals surface area contributed by atoms with Crippen LogP contribution in [0.15, 0.2) is 202 Å². The van der Waals surface area contributed by atoms with Crippen LogP contribution in [0.4, 0.5) is 0 Å². The van der Waals surface area contributed by atoms with Crippen molar-refractivity contribution >= 4 is 23.1 Å². The van der Waals surface area contributed by atoms with Gasteiger partial charge >= 0.3 is 0 Å². The largest absolute Gasteiger partial charge is 0.297 e. The van der Waals surface area contributed by atoms with E-state index in [1.54, 1.807) is 0 Å². The van der Waals surface area contributed by atoms with Gasteiger partial charge in [0.1, 0.15) is 0 Å². The van der Waals surface area contributed by atoms with E-state index in [0.29, 0.717) is 6.42 Å². The van der Waals surface area contributed by atoms with Crippen molar-refractivity contribution < 1.29 is 19.2 Å². The molecule has 1 aliphatic heterocycles. The summed E-state index contributed by atoms with van der Waals surface area (Å²) in [5, 5.41) is 0. The molecule has 109 heavy (non-hydrogen) atoms. The van der Waals surface area contributed by atoms with Crippen LogP contribution in [0.25, 0.3) is 33.4 Å². The van der Waals surface area contributed by atoms with E-state index >= 15 is 0 Å². The number of likely N-dealkylation sites (N-methyl/N-ethyl adjacent to an activating group) is 1. The second kappa shape index (κ2) is 36.9. The molecule has 8 heteroatoms. The summed E-state index contributed by atoms with van der Waals surface area (Å²) in [6, 6.07) is 53.3. The number of carbonyl (C=O) groups excluding carboxylic acids is 4. The molecule has 0 radical (unpaired) electrons. The monoisotopic (exact) mass is 1470 g/mol. The van der Waals surface area contributed by atoms with E-state index in [2.05, 4.69) is 257 Å². The van der Waals surface area contributed by atoms with Gasteiger partial charge in [-0.3, -0.25) is 38.8 Å². The molecule has 0 bridgehead atoms. The van der Waals surface area contributed by atoms with Crippen LogP contribution in [0.2, 0.25) is 0 Å². The third kappa shape index (κ3) is 16.7. The molecule has 11 rings (SSSR count). The average Bonchev–Trinajstić information content (AvgIpc) is 1.58. The molecule has 1 fully saturated rings. The summed E-state index contributed by atoms with van der Waals surface area (Å²) >= 11 is 0. The first-order valence-corrected chi connectivity index (χ1v) is 41.7. The first-order valence-electron chi connectivity index (χ1n) is 41.7. The summed E-state index contributed by atoms with van der Waals surface area (Å²) in [5.41, 5.74) is 16.6. The van der Waals surface area contributed by atoms with Gasteiger partial charge in [-0.1, -0.05) is 232 Å². The number of benzene rings is 7. The number of hydrogen-bond acceptors (Lipinski definition) is 8. The number of nitrogens with zero attached hydrogens (tertiary/aromatic N) is 4. The van der Waals surface area contributed by atoms with Gasteiger partial charge in [-0.2, -0.15) is 0 Å². The van der Waals surface area contributed by atoms with E-state index in [4.69, 9.17) is 0 Å². The average molecular weight is 1470 g/mol. The standard InChI is InChI=1S/C41H64N2O2.C32H35NO.C28H33NO/c1-11-17-23-41(24-18-12-2)35-29-31(37(44)39(7,8)42(25-13-3)26-14-4)19-21-33(35)34-22-20-32(30-36(34)41)38(45)40(9,10)43(27-15-5)28-16-6;1-6-20-31(21-7-2)28-17-13-12-16-26(28)27-19-18-25(22-29(27)31)30(34)32(8-3,33(4)5)23-24-14-10-9-11-15-24;1-5-16-28(17-6-2)24-13-9-8-12-22(24)23-15-14-21(20-25(23)28)26(30)27(3,4)29-18-10-7-11-19-29/h19-22,29-30H,11-18,23-28H2,1-10H3;6-7,9-19,22H,1-2,8,20-21,23H2,3-5H3;5-6,8-9,12-15,20H,1-2,7,10-11,16-19H2,3-4H3. The second-order valence-corrected chi connectivity index (χ2v) is 33.5. The van der Waals surface area contributed by atoms with Crippen LogP contribution >= 0.6 is 0 Å². The molecule has 1 saturated heterocycles. The molecule has 7 aromatic rings. The van der Waals surface area contributed by atoms with Crippen LogP contribution in [0.3, 0.4) is 0 Å². The minimum absolute atomic E-state index is 0.175. The summed E-state index contributed by atoms with van der Waals surface area (Å²) < 4.78 is 0. The fraction of sp³-hybridized carbons (Fsp3) is 0.465. The van der Waals surface area contributed by atoms with Crippen molar-refractivity contribution in [3.63, 3.8) is 0 Å². The Balaban J connectivity index is 0.000000193. The molecule has 1 atom stereocenters. The van der Waals surface area contributed by atoms with Crippen LogP contribution in [0.5, 0.6) is 0 Å². The van der Waals surface area contributed by atoms with Gasteiger partial charge in [0.05, 0.1) is 22.2 Å². The Morgan fingerprint density at radius 2 is 0.725 bits per heavy atom. The van der Waals surface area contributed by atoms with Crippen molar-refractivity contribution in [2.75, 3.05) is 53.4 Å². The van der Waals surface area contributed by atoms with Crippen molar-refractivity contribution in [2.24, 2.45) is 0 Å². The maximum atomic E-state index is 14.3. The fourth-order valence-electron chi connectivity index (χ4n) is 19.2. The molecule has 7 aromatic carbocycles. The Kier molecular flexibility index (Phi) is 28.8. The number of Topliss-reactive ketones (excluding diaryl/α,β-unsaturated/α-hetero) is 4. The SMILES string of the molecule is C=CCC1(CC=C)c2ccccc2-c2ccc(C(=O)C(C)(C)N3CCCCC3)cc21.C=CCC1(CC=C)c2ccccc2-c2ccc(C(=O)C(CC)(Cc3ccccc3)N(C)C)cc21.CCCCC1(CCCC)c2cc(C(=O)C(C)(C)N(CCC)CCC)ccc2-c2ccc(C(=O)C(C)(C)N(CCC)CCC)cc21. The van der Waals surface area contributed by atoms with Crippen molar-refractivity contribution in [3.05, 3.63) is 263 Å². The molecule has 0 amide bonds. The summed E-state index contributed by atoms with van der Waals surface area (Å²) in [7, 11) is 4.04. The zero-order valence-corrected chi connectivity index (χ0v) is 69.7. The summed E-state index contributed by atoms with van der Waals surface area (Å²) in [4.78, 5) is 65.7. The maximum absolute atomic E-state index is 14.3. The van der Waals surface area contributed by atoms with E-state index in [9.17, 15) is 19.2 Å². The fourth-order valence-corrected chi connectivity index (χ4v) is 19.2. The van der Waals surface area contributed by atoms with Crippen molar-refractivity contribution in [2.45, 2.75) is 250 Å². The second-order valence-electron chi connectivity index (χ2n) is 33.5. The van der Waals surface area contributed by atoms with E-state index in [1.165, 1.54) is 91.6 Å². The van der Waals surface area contributed by atoms with Gasteiger partial charge < -0.3 is 0 Å². The summed E-state index contributed by atoms with van der Waals surface area (Å²) in [6.45, 7) is 49.9. The summed E-state index contributed by atoms with van der Waals surface area (Å²) in [6.07, 6.45) is 26.9. The number of rotatable bonds is 37. The van der Waals surface area contributed by atoms with Gasteiger partial charge in [-0.25, -0.2) is 0 Å². The molecule has 1 heterocycles. The summed E-state index contributed by atoms with van der Waals surface area (Å²) in [5.74, 6) is 0.795. The van der Waals surface area contributed by atoms with Crippen LogP contribution in [0.1, 0.15) is 286 Å². The predicted molar refractivity (Wildman–Crippen MR) is 462 cm³/mol. The highest BCUT2D eigenvalue weighted by molar-refractivity contribution is 6.07. The van der Waals surface area contributed by atoms with Gasteiger partial charge in [0.2, 0.25) is 0 Å². The normalized spacial score (nSPS) is 15.5. The number of allylic oxidation sites excluding steroid dienone is 4. The van der Waals surface area contributed by atoms with Gasteiger partial charge in [-0.05, 0) is 281 Å². The predicted octanol–water partition coefficient (Wildman–Crippen LogP) is 24.3. The minimum atomic E-state index is -0.611. The Hall–Kier alpha value is -7.98. The zero-order chi connectivity index (χ0) is 79.1. The Morgan fingerprint density at radius 3 is 1.06 bits per heavy atom. The maximum Gasteiger partial charge on any atom is 0.183 e. The van der Waals surface area contributed by atoms with Gasteiger partial charge in [0, 0.05) is 38.5 Å². The van der Waals surface area contributed by atoms with E-state index in [0.717, 1.165) is 158 Å². The first kappa shape index (κ1) is 85.0. The number of piperidine rings is 1. The lowest BCUT2D eigenvalue weighted by molar-refractivity contribution is 0.0578. The third-order valence-electron chi connectivity index (χ3n) is 25.4. The van der Waals surface area contributed by atoms with Crippen molar-refractivity contribution in [1.82, 2.24) is 19.6 Å². The molecule has 580 valence electrons. The quantitative estimate of drug-likeness (QED) is 0.0281. The Bertz CT molecular complexity index is 4220. The van der Waals surface area contributed by atoms with Gasteiger partial charge in [-0.15, -0.1) is 26.3 Å². The van der Waals surface area contributed by atoms with Crippen LogP contribution < -0.4 is 0 Å². The smallest absolute Gasteiger partial charge is 0.183 e. The highest BCUT2D eigenvalue weighted by Crippen LogP contribution is 2.57. The molecule has 0 spiro atoms. The lowest BCUT2D eigenvalue weighted by atomic mass is 9.70. The molecule has 0 aromatic heterocycles. The molecule has 0 N–H and O–H groups in total. The van der Waals surface area contributed by atoms with Crippen LogP contribution in [-0.2, 0) is 22.7 Å². The number of fused-ring (bicyclic) bond motifs is 9. The van der Waals surface area contributed by atoms with E-state index in [-0.39, 0.29) is 39.4 Å². The highest BCUT2D eigenvalue weighted by atomic mass is 16.1. The lowest BCUT2D eigenvalue weighted by Crippen LogP contribution is -2.52. The minimum Gasteiger partial charge on any atom is -0.297 e. The van der Waals surface area contributed by atoms with Crippen LogP contribution in [-0.4, -0.2) is 118 Å². The molecule has 4 aliphatic rings. The third-order valence-corrected chi connectivity index (χ3v) is 25.4. The Labute approximate surface area is 658 Å². The lowest BCUT2D eigenvalue weighted by Gasteiger charge is -2.40. The molecular formula is C101H132N4O4. The molecular weight excluding hydrogens is 1330 g/mol. The number of carbonyl (C=O) groups is 4. The van der Waals surface area contributed by atoms with Gasteiger partial charge in [0.25, 0.3) is 0 Å². The van der Waals surface area contributed by atoms with E-state index < -0.39 is 22.2 Å². The number of unbranched alkanes of at least 4 members (excludes halogenated alkanes) is 2.